The lowest BCUT2D eigenvalue weighted by atomic mass is 9.96. The summed E-state index contributed by atoms with van der Waals surface area (Å²) in [5, 5.41) is 2.21. The molecule has 0 aromatic carbocycles. The molecule has 3 N–H and O–H groups in total. The van der Waals surface area contributed by atoms with Gasteiger partial charge in [0.2, 0.25) is 5.88 Å². The van der Waals surface area contributed by atoms with Crippen LogP contribution in [0.3, 0.4) is 0 Å². The van der Waals surface area contributed by atoms with E-state index < -0.39 is 69.3 Å². The van der Waals surface area contributed by atoms with Gasteiger partial charge in [-0.25, -0.2) is 19.3 Å². The number of nitrogen functional groups attached to an aromatic ring is 1. The molecule has 2 saturated heterocycles. The van der Waals surface area contributed by atoms with E-state index in [4.69, 9.17) is 10.5 Å². The third-order valence-corrected chi connectivity index (χ3v) is 7.77. The summed E-state index contributed by atoms with van der Waals surface area (Å²) in [6, 6.07) is 0.361. The number of nitrogens with two attached hydrogens (primary N) is 1. The lowest BCUT2D eigenvalue weighted by Crippen LogP contribution is -2.62. The first-order valence-corrected chi connectivity index (χ1v) is 12.3. The average molecular weight is 556 g/mol. The second kappa shape index (κ2) is 8.29. The molecule has 39 heavy (non-hydrogen) atoms. The number of halogens is 7. The second-order valence-electron chi connectivity index (χ2n) is 10.3. The Morgan fingerprint density at radius 1 is 0.974 bits per heavy atom. The fourth-order valence-electron chi connectivity index (χ4n) is 6.39. The fraction of sp³-hybridized carbons (Fsp3) is 0.480. The van der Waals surface area contributed by atoms with E-state index in [0.29, 0.717) is 6.54 Å². The van der Waals surface area contributed by atoms with Gasteiger partial charge in [0.1, 0.15) is 23.4 Å². The molecule has 3 aliphatic heterocycles. The van der Waals surface area contributed by atoms with E-state index in [2.05, 4.69) is 20.3 Å². The molecule has 0 amide bonds. The number of aryl methyl sites for hydroxylation is 2. The number of alkyl halides is 6. The Labute approximate surface area is 217 Å². The van der Waals surface area contributed by atoms with Crippen molar-refractivity contribution in [1.82, 2.24) is 20.3 Å². The summed E-state index contributed by atoms with van der Waals surface area (Å²) in [4.78, 5) is 13.8. The van der Waals surface area contributed by atoms with Crippen molar-refractivity contribution in [2.24, 2.45) is 0 Å². The summed E-state index contributed by atoms with van der Waals surface area (Å²) in [6.07, 6.45) is -9.13. The predicted molar refractivity (Wildman–Crippen MR) is 128 cm³/mol. The van der Waals surface area contributed by atoms with E-state index in [1.807, 2.05) is 4.90 Å². The highest BCUT2D eigenvalue weighted by Crippen LogP contribution is 2.50. The normalized spacial score (nSPS) is 24.5. The van der Waals surface area contributed by atoms with Gasteiger partial charge in [0.15, 0.2) is 5.82 Å². The van der Waals surface area contributed by atoms with Gasteiger partial charge in [-0.1, -0.05) is 0 Å². The highest BCUT2D eigenvalue weighted by atomic mass is 19.4. The van der Waals surface area contributed by atoms with Crippen LogP contribution in [0.15, 0.2) is 6.07 Å². The number of nitrogens with one attached hydrogen (secondary N) is 1. The zero-order valence-electron chi connectivity index (χ0n) is 20.9. The van der Waals surface area contributed by atoms with Crippen molar-refractivity contribution >= 4 is 22.4 Å². The summed E-state index contributed by atoms with van der Waals surface area (Å²) in [7, 11) is 0. The first-order valence-electron chi connectivity index (χ1n) is 12.3. The summed E-state index contributed by atoms with van der Waals surface area (Å²) in [5.74, 6) is -2.30. The molecule has 208 valence electrons. The van der Waals surface area contributed by atoms with Gasteiger partial charge in [0.25, 0.3) is 0 Å². The largest absolute Gasteiger partial charge is 0.472 e. The third-order valence-electron chi connectivity index (χ3n) is 7.77. The van der Waals surface area contributed by atoms with E-state index in [0.717, 1.165) is 32.8 Å². The quantitative estimate of drug-likeness (QED) is 0.401. The van der Waals surface area contributed by atoms with Crippen LogP contribution in [-0.4, -0.2) is 45.7 Å². The van der Waals surface area contributed by atoms with Gasteiger partial charge < -0.3 is 20.7 Å². The topological polar surface area (TPSA) is 89.2 Å². The Hall–Kier alpha value is -3.42. The van der Waals surface area contributed by atoms with Crippen LogP contribution < -0.4 is 20.7 Å². The van der Waals surface area contributed by atoms with Crippen LogP contribution in [-0.2, 0) is 12.4 Å². The van der Waals surface area contributed by atoms with Crippen molar-refractivity contribution in [2.75, 3.05) is 17.2 Å². The number of fused-ring (bicyclic) bond motifs is 5. The summed E-state index contributed by atoms with van der Waals surface area (Å²) < 4.78 is 108. The maximum absolute atomic E-state index is 16.4. The van der Waals surface area contributed by atoms with Crippen molar-refractivity contribution in [3.05, 3.63) is 34.4 Å². The van der Waals surface area contributed by atoms with Crippen LogP contribution in [0.4, 0.5) is 42.4 Å². The predicted octanol–water partition coefficient (Wildman–Crippen LogP) is 5.16. The Kier molecular flexibility index (Phi) is 5.49. The van der Waals surface area contributed by atoms with E-state index in [1.165, 1.54) is 0 Å². The molecule has 0 unspecified atom stereocenters. The van der Waals surface area contributed by atoms with Crippen molar-refractivity contribution in [2.45, 2.75) is 70.2 Å². The van der Waals surface area contributed by atoms with E-state index in [-0.39, 0.29) is 35.1 Å². The van der Waals surface area contributed by atoms with Crippen molar-refractivity contribution in [3.8, 4) is 17.1 Å². The number of piperazine rings is 1. The minimum absolute atomic E-state index is 0.0497. The average Bonchev–Trinajstić information content (AvgIpc) is 3.12. The van der Waals surface area contributed by atoms with Crippen LogP contribution in [0.1, 0.15) is 42.3 Å². The molecule has 7 nitrogen and oxygen atoms in total. The smallest absolute Gasteiger partial charge is 0.418 e. The van der Waals surface area contributed by atoms with E-state index in [1.54, 1.807) is 6.92 Å². The Morgan fingerprint density at radius 2 is 1.64 bits per heavy atom. The molecule has 0 radical (unpaired) electrons. The molecular formula is C25H23F7N6O. The molecule has 6 heterocycles. The molecule has 6 rings (SSSR count). The zero-order chi connectivity index (χ0) is 28.2. The highest BCUT2D eigenvalue weighted by molar-refractivity contribution is 6.02. The van der Waals surface area contributed by atoms with Crippen LogP contribution in [0, 0.1) is 19.7 Å². The van der Waals surface area contributed by atoms with Crippen LogP contribution in [0.5, 0.6) is 5.88 Å². The van der Waals surface area contributed by atoms with Gasteiger partial charge in [-0.05, 0) is 39.7 Å². The van der Waals surface area contributed by atoms with Crippen LogP contribution in [0.25, 0.3) is 22.0 Å². The number of nitrogens with zero attached hydrogens (tertiary/aromatic N) is 4. The maximum Gasteiger partial charge on any atom is 0.418 e. The summed E-state index contributed by atoms with van der Waals surface area (Å²) in [5.41, 5.74) is 0.0818. The number of pyridine rings is 3. The van der Waals surface area contributed by atoms with E-state index >= 15 is 4.39 Å². The molecule has 14 heteroatoms. The number of hydrogen-bond acceptors (Lipinski definition) is 7. The maximum atomic E-state index is 16.4. The van der Waals surface area contributed by atoms with Crippen LogP contribution >= 0.6 is 0 Å². The summed E-state index contributed by atoms with van der Waals surface area (Å²) in [6.45, 7) is 4.23. The van der Waals surface area contributed by atoms with Crippen LogP contribution in [0.2, 0.25) is 0 Å². The van der Waals surface area contributed by atoms with E-state index in [9.17, 15) is 26.3 Å². The molecule has 3 aliphatic rings. The Bertz CT molecular complexity index is 1520. The fourth-order valence-corrected chi connectivity index (χ4v) is 6.39. The number of rotatable bonds is 1. The molecule has 3 aromatic rings. The lowest BCUT2D eigenvalue weighted by Gasteiger charge is -2.43. The lowest BCUT2D eigenvalue weighted by molar-refractivity contribution is -0.138. The van der Waals surface area contributed by atoms with Crippen molar-refractivity contribution < 1.29 is 35.5 Å². The standard InChI is InChI=1S/C25H23F7N6O/c1-8-17(24(27,28)29)12(6-14(33)34-8)20-19(26)15-16-22(35-9(2)18(15)25(30,31)32)38-7-11-4-5-13(36-11)21(38)10(3)39-23(16)37-20/h6,10-11,13,21,36H,4-5,7H2,1-3H3,(H2,33,34)/t10-,11+,13-,21+/m0/s1. The first kappa shape index (κ1) is 25.8. The Balaban J connectivity index is 1.75. The molecule has 0 spiro atoms. The molecule has 2 fully saturated rings. The third kappa shape index (κ3) is 3.85. The van der Waals surface area contributed by atoms with Gasteiger partial charge >= 0.3 is 12.4 Å². The van der Waals surface area contributed by atoms with Gasteiger partial charge in [0, 0.05) is 29.6 Å². The van der Waals surface area contributed by atoms with Crippen molar-refractivity contribution in [1.29, 1.82) is 0 Å². The number of aromatic nitrogens is 3. The molecule has 2 bridgehead atoms. The van der Waals surface area contributed by atoms with Gasteiger partial charge in [-0.15, -0.1) is 0 Å². The van der Waals surface area contributed by atoms with Crippen molar-refractivity contribution in [3.63, 3.8) is 0 Å². The van der Waals surface area contributed by atoms with Gasteiger partial charge in [-0.2, -0.15) is 26.3 Å². The number of hydrogen-bond donors (Lipinski definition) is 2. The van der Waals surface area contributed by atoms with Gasteiger partial charge in [-0.3, -0.25) is 0 Å². The number of ether oxygens (including phenoxy) is 1. The minimum Gasteiger partial charge on any atom is -0.472 e. The molecule has 0 saturated carbocycles. The highest BCUT2D eigenvalue weighted by Gasteiger charge is 2.49. The molecule has 4 atom stereocenters. The minimum atomic E-state index is -5.08. The zero-order valence-corrected chi connectivity index (χ0v) is 20.9. The summed E-state index contributed by atoms with van der Waals surface area (Å²) >= 11 is 0. The first-order chi connectivity index (χ1) is 18.2. The monoisotopic (exact) mass is 556 g/mol. The van der Waals surface area contributed by atoms with Gasteiger partial charge in [0.05, 0.1) is 33.9 Å². The second-order valence-corrected chi connectivity index (χ2v) is 10.3. The Morgan fingerprint density at radius 3 is 2.31 bits per heavy atom. The molecule has 3 aromatic heterocycles. The molecular weight excluding hydrogens is 533 g/mol. The number of anilines is 2. The molecule has 0 aliphatic carbocycles. The SMILES string of the molecule is Cc1nc(N)cc(-c2nc3c4c(nc(C)c(C(F)(F)F)c4c2F)N2C[C@H]4CC[C@H](N4)[C@H]2[C@H](C)O3)c1C(F)(F)F.